The highest BCUT2D eigenvalue weighted by Gasteiger charge is 2.15. The molecule has 0 aromatic heterocycles. The van der Waals surface area contributed by atoms with E-state index >= 15 is 0 Å². The Labute approximate surface area is 79.5 Å². The zero-order valence-electron chi connectivity index (χ0n) is 7.62. The summed E-state index contributed by atoms with van der Waals surface area (Å²) in [5.41, 5.74) is 5.53. The average molecular weight is 187 g/mol. The Kier molecular flexibility index (Phi) is 3.75. The highest BCUT2D eigenvalue weighted by Crippen LogP contribution is 2.01. The number of piperazine rings is 1. The van der Waals surface area contributed by atoms with Crippen LogP contribution in [0.2, 0.25) is 0 Å². The summed E-state index contributed by atoms with van der Waals surface area (Å²) in [5.74, 6) is 0. The lowest BCUT2D eigenvalue weighted by Gasteiger charge is -2.34. The molecular formula is C8H17N3S. The number of hydrogen-bond acceptors (Lipinski definition) is 2. The van der Waals surface area contributed by atoms with Gasteiger partial charge in [-0.2, -0.15) is 0 Å². The van der Waals surface area contributed by atoms with Crippen molar-refractivity contribution in [3.8, 4) is 0 Å². The molecule has 0 spiro atoms. The average Bonchev–Trinajstić information content (AvgIpc) is 2.06. The van der Waals surface area contributed by atoms with Crippen LogP contribution in [-0.4, -0.2) is 47.6 Å². The topological polar surface area (TPSA) is 32.5 Å². The molecule has 12 heavy (non-hydrogen) atoms. The van der Waals surface area contributed by atoms with Crippen LogP contribution in [0.1, 0.15) is 13.3 Å². The van der Waals surface area contributed by atoms with Gasteiger partial charge in [0.1, 0.15) is 0 Å². The zero-order chi connectivity index (χ0) is 8.97. The van der Waals surface area contributed by atoms with Crippen LogP contribution < -0.4 is 5.73 Å². The highest BCUT2D eigenvalue weighted by molar-refractivity contribution is 7.80. The van der Waals surface area contributed by atoms with Gasteiger partial charge in [-0.1, -0.05) is 6.92 Å². The molecule has 2 N–H and O–H groups in total. The van der Waals surface area contributed by atoms with Crippen LogP contribution in [0.15, 0.2) is 0 Å². The molecule has 1 aliphatic heterocycles. The molecule has 0 aliphatic carbocycles. The summed E-state index contributed by atoms with van der Waals surface area (Å²) in [7, 11) is 0. The van der Waals surface area contributed by atoms with Crippen molar-refractivity contribution in [2.75, 3.05) is 32.7 Å². The zero-order valence-corrected chi connectivity index (χ0v) is 8.44. The van der Waals surface area contributed by atoms with E-state index in [2.05, 4.69) is 16.7 Å². The van der Waals surface area contributed by atoms with Crippen molar-refractivity contribution in [2.45, 2.75) is 13.3 Å². The smallest absolute Gasteiger partial charge is 0.166 e. The molecule has 1 heterocycles. The summed E-state index contributed by atoms with van der Waals surface area (Å²) in [6, 6.07) is 0. The van der Waals surface area contributed by atoms with E-state index < -0.39 is 0 Å². The molecular weight excluding hydrogens is 170 g/mol. The molecule has 0 atom stereocenters. The first kappa shape index (κ1) is 9.74. The molecule has 1 rings (SSSR count). The predicted molar refractivity (Wildman–Crippen MR) is 55.1 cm³/mol. The highest BCUT2D eigenvalue weighted by atomic mass is 32.1. The van der Waals surface area contributed by atoms with Gasteiger partial charge in [-0.25, -0.2) is 0 Å². The van der Waals surface area contributed by atoms with Crippen LogP contribution in [0.25, 0.3) is 0 Å². The Hall–Kier alpha value is -0.350. The second-order valence-electron chi connectivity index (χ2n) is 3.17. The summed E-state index contributed by atoms with van der Waals surface area (Å²) < 4.78 is 0. The third-order valence-electron chi connectivity index (χ3n) is 2.22. The van der Waals surface area contributed by atoms with E-state index in [1.165, 1.54) is 13.0 Å². The van der Waals surface area contributed by atoms with Gasteiger partial charge in [0.25, 0.3) is 0 Å². The van der Waals surface area contributed by atoms with E-state index in [1.54, 1.807) is 0 Å². The summed E-state index contributed by atoms with van der Waals surface area (Å²) in [4.78, 5) is 4.52. The summed E-state index contributed by atoms with van der Waals surface area (Å²) in [6.07, 6.45) is 1.23. The van der Waals surface area contributed by atoms with Gasteiger partial charge in [0.15, 0.2) is 5.11 Å². The van der Waals surface area contributed by atoms with Crippen molar-refractivity contribution < 1.29 is 0 Å². The minimum atomic E-state index is 0.547. The van der Waals surface area contributed by atoms with Gasteiger partial charge in [0.2, 0.25) is 0 Å². The minimum Gasteiger partial charge on any atom is -0.376 e. The number of rotatable bonds is 2. The van der Waals surface area contributed by atoms with E-state index in [4.69, 9.17) is 18.0 Å². The van der Waals surface area contributed by atoms with Gasteiger partial charge >= 0.3 is 0 Å². The summed E-state index contributed by atoms with van der Waals surface area (Å²) in [6.45, 7) is 7.60. The molecule has 1 fully saturated rings. The maximum atomic E-state index is 5.53. The van der Waals surface area contributed by atoms with Crippen molar-refractivity contribution in [2.24, 2.45) is 5.73 Å². The van der Waals surface area contributed by atoms with Crippen molar-refractivity contribution >= 4 is 17.3 Å². The van der Waals surface area contributed by atoms with Crippen LogP contribution in [0, 0.1) is 0 Å². The van der Waals surface area contributed by atoms with Gasteiger partial charge < -0.3 is 10.6 Å². The van der Waals surface area contributed by atoms with Crippen LogP contribution in [0.3, 0.4) is 0 Å². The molecule has 0 saturated carbocycles. The fourth-order valence-corrected chi connectivity index (χ4v) is 1.69. The fourth-order valence-electron chi connectivity index (χ4n) is 1.51. The molecule has 0 aromatic rings. The van der Waals surface area contributed by atoms with Gasteiger partial charge in [-0.3, -0.25) is 4.90 Å². The number of thiocarbonyl (C=S) groups is 1. The Morgan fingerprint density at radius 2 is 1.92 bits per heavy atom. The van der Waals surface area contributed by atoms with Gasteiger partial charge in [-0.15, -0.1) is 0 Å². The summed E-state index contributed by atoms with van der Waals surface area (Å²) >= 11 is 4.90. The third-order valence-corrected chi connectivity index (χ3v) is 2.48. The lowest BCUT2D eigenvalue weighted by atomic mass is 10.3. The van der Waals surface area contributed by atoms with E-state index in [0.29, 0.717) is 5.11 Å². The van der Waals surface area contributed by atoms with Gasteiger partial charge in [-0.05, 0) is 25.2 Å². The molecule has 1 aliphatic rings. The second-order valence-corrected chi connectivity index (χ2v) is 3.59. The quantitative estimate of drug-likeness (QED) is 0.629. The molecule has 3 nitrogen and oxygen atoms in total. The molecule has 70 valence electrons. The minimum absolute atomic E-state index is 0.547. The Bertz CT molecular complexity index is 152. The van der Waals surface area contributed by atoms with Gasteiger partial charge in [0.05, 0.1) is 0 Å². The van der Waals surface area contributed by atoms with Crippen molar-refractivity contribution in [1.29, 1.82) is 0 Å². The predicted octanol–water partition coefficient (Wildman–Crippen LogP) is 0.258. The molecule has 0 aromatic carbocycles. The largest absolute Gasteiger partial charge is 0.376 e. The van der Waals surface area contributed by atoms with E-state index in [-0.39, 0.29) is 0 Å². The monoisotopic (exact) mass is 187 g/mol. The number of nitrogens with zero attached hydrogens (tertiary/aromatic N) is 2. The lowest BCUT2D eigenvalue weighted by Crippen LogP contribution is -2.50. The first-order valence-corrected chi connectivity index (χ1v) is 4.91. The normalized spacial score (nSPS) is 19.6. The van der Waals surface area contributed by atoms with Crippen molar-refractivity contribution in [3.05, 3.63) is 0 Å². The van der Waals surface area contributed by atoms with E-state index in [0.717, 1.165) is 26.2 Å². The molecule has 0 unspecified atom stereocenters. The lowest BCUT2D eigenvalue weighted by molar-refractivity contribution is 0.183. The van der Waals surface area contributed by atoms with Crippen LogP contribution in [-0.2, 0) is 0 Å². The molecule has 1 saturated heterocycles. The van der Waals surface area contributed by atoms with Crippen LogP contribution in [0.5, 0.6) is 0 Å². The molecule has 0 bridgehead atoms. The molecule has 0 amide bonds. The summed E-state index contributed by atoms with van der Waals surface area (Å²) in [5, 5.41) is 0.547. The Morgan fingerprint density at radius 1 is 1.33 bits per heavy atom. The fraction of sp³-hybridized carbons (Fsp3) is 0.875. The maximum Gasteiger partial charge on any atom is 0.166 e. The second kappa shape index (κ2) is 4.62. The van der Waals surface area contributed by atoms with Crippen LogP contribution >= 0.6 is 12.2 Å². The third kappa shape index (κ3) is 2.60. The first-order valence-electron chi connectivity index (χ1n) is 4.50. The van der Waals surface area contributed by atoms with Gasteiger partial charge in [0, 0.05) is 26.2 Å². The molecule has 4 heteroatoms. The molecule has 0 radical (unpaired) electrons. The van der Waals surface area contributed by atoms with E-state index in [1.807, 2.05) is 0 Å². The van der Waals surface area contributed by atoms with E-state index in [9.17, 15) is 0 Å². The Morgan fingerprint density at radius 3 is 2.33 bits per heavy atom. The van der Waals surface area contributed by atoms with Crippen molar-refractivity contribution in [3.63, 3.8) is 0 Å². The standard InChI is InChI=1S/C8H17N3S/c1-2-3-10-4-6-11(7-5-10)8(9)12/h2-7H2,1H3,(H2,9,12). The van der Waals surface area contributed by atoms with Crippen LogP contribution in [0.4, 0.5) is 0 Å². The Balaban J connectivity index is 2.25. The number of hydrogen-bond donors (Lipinski definition) is 1. The maximum absolute atomic E-state index is 5.53. The number of nitrogens with two attached hydrogens (primary N) is 1. The SMILES string of the molecule is CCCN1CCN(C(N)=S)CC1. The first-order chi connectivity index (χ1) is 5.74. The van der Waals surface area contributed by atoms with Crippen molar-refractivity contribution in [1.82, 2.24) is 9.80 Å².